The molecule has 2 heteroatoms. The molecule has 2 aromatic heterocycles. The predicted molar refractivity (Wildman–Crippen MR) is 123 cm³/mol. The number of nitrogens with zero attached hydrogens (tertiary/aromatic N) is 2. The fourth-order valence-electron chi connectivity index (χ4n) is 3.81. The van der Waals surface area contributed by atoms with Gasteiger partial charge in [-0.3, -0.25) is 9.97 Å². The predicted octanol–water partition coefficient (Wildman–Crippen LogP) is 7.09. The molecule has 0 aliphatic rings. The summed E-state index contributed by atoms with van der Waals surface area (Å²) in [7, 11) is 0. The number of aryl methyl sites for hydroxylation is 3. The molecule has 0 amide bonds. The third-order valence-electron chi connectivity index (χ3n) is 5.50. The molecule has 0 fully saturated rings. The smallest absolute Gasteiger partial charge is 0.0306 e. The molecule has 0 aliphatic heterocycles. The van der Waals surface area contributed by atoms with Crippen molar-refractivity contribution in [2.45, 2.75) is 59.3 Å². The lowest BCUT2D eigenvalue weighted by atomic mass is 9.92. The number of allylic oxidation sites excluding steroid dienone is 2. The van der Waals surface area contributed by atoms with Gasteiger partial charge in [-0.25, -0.2) is 0 Å². The Labute approximate surface area is 175 Å². The van der Waals surface area contributed by atoms with Gasteiger partial charge in [0.15, 0.2) is 0 Å². The maximum absolute atomic E-state index is 4.53. The van der Waals surface area contributed by atoms with E-state index in [0.29, 0.717) is 5.92 Å². The topological polar surface area (TPSA) is 25.8 Å². The summed E-state index contributed by atoms with van der Waals surface area (Å²) in [6.45, 7) is 8.78. The van der Waals surface area contributed by atoms with E-state index in [0.717, 1.165) is 25.7 Å². The number of pyridine rings is 2. The van der Waals surface area contributed by atoms with Crippen LogP contribution < -0.4 is 0 Å². The van der Waals surface area contributed by atoms with Gasteiger partial charge in [-0.15, -0.1) is 0 Å². The third-order valence-corrected chi connectivity index (χ3v) is 5.50. The molecule has 3 aromatic rings. The highest BCUT2D eigenvalue weighted by molar-refractivity contribution is 5.70. The fraction of sp³-hybridized carbons (Fsp3) is 0.333. The van der Waals surface area contributed by atoms with Crippen molar-refractivity contribution < 1.29 is 0 Å². The van der Waals surface area contributed by atoms with Crippen LogP contribution in [0.5, 0.6) is 0 Å². The van der Waals surface area contributed by atoms with E-state index in [1.165, 1.54) is 39.0 Å². The second kappa shape index (κ2) is 10.2. The Kier molecular flexibility index (Phi) is 7.35. The molecule has 2 heterocycles. The summed E-state index contributed by atoms with van der Waals surface area (Å²) in [6.07, 6.45) is 14.6. The van der Waals surface area contributed by atoms with Crippen LogP contribution in [0.4, 0.5) is 0 Å². The molecule has 0 saturated heterocycles. The van der Waals surface area contributed by atoms with E-state index >= 15 is 0 Å². The van der Waals surface area contributed by atoms with Crippen LogP contribution in [-0.4, -0.2) is 9.97 Å². The lowest BCUT2D eigenvalue weighted by molar-refractivity contribution is 0.684. The molecular formula is C27H32N2. The van der Waals surface area contributed by atoms with Crippen LogP contribution in [0.15, 0.2) is 72.8 Å². The standard InChI is InChI=1S/C27H32N2/c1-20(2)9-8-10-21(3)26-15-23(17-29-19-26)13-14-25-18-28-16-22(4)27(25)24-11-6-5-7-12-24/h5-7,9,11-12,15-19,21H,8,10,13-14H2,1-4H3. The molecule has 1 atom stereocenters. The molecule has 0 saturated carbocycles. The summed E-state index contributed by atoms with van der Waals surface area (Å²) in [5, 5.41) is 0. The van der Waals surface area contributed by atoms with Crippen molar-refractivity contribution in [3.05, 3.63) is 95.1 Å². The van der Waals surface area contributed by atoms with Crippen molar-refractivity contribution in [2.24, 2.45) is 0 Å². The first kappa shape index (κ1) is 21.0. The highest BCUT2D eigenvalue weighted by Gasteiger charge is 2.10. The molecule has 29 heavy (non-hydrogen) atoms. The zero-order chi connectivity index (χ0) is 20.6. The maximum atomic E-state index is 4.53. The second-order valence-electron chi connectivity index (χ2n) is 8.24. The second-order valence-corrected chi connectivity index (χ2v) is 8.24. The monoisotopic (exact) mass is 384 g/mol. The van der Waals surface area contributed by atoms with Crippen molar-refractivity contribution in [2.75, 3.05) is 0 Å². The molecule has 0 aliphatic carbocycles. The molecule has 0 radical (unpaired) electrons. The average Bonchev–Trinajstić information content (AvgIpc) is 2.73. The van der Waals surface area contributed by atoms with Crippen LogP contribution in [0.2, 0.25) is 0 Å². The van der Waals surface area contributed by atoms with Gasteiger partial charge in [-0.2, -0.15) is 0 Å². The normalized spacial score (nSPS) is 11.9. The largest absolute Gasteiger partial charge is 0.264 e. The molecule has 150 valence electrons. The SMILES string of the molecule is CC(C)=CCCC(C)c1cncc(CCc2cncc(C)c2-c2ccccc2)c1. The zero-order valence-electron chi connectivity index (χ0n) is 18.2. The van der Waals surface area contributed by atoms with E-state index in [1.54, 1.807) is 0 Å². The van der Waals surface area contributed by atoms with E-state index in [1.807, 2.05) is 24.8 Å². The van der Waals surface area contributed by atoms with Crippen LogP contribution in [0.3, 0.4) is 0 Å². The number of hydrogen-bond acceptors (Lipinski definition) is 2. The highest BCUT2D eigenvalue weighted by atomic mass is 14.6. The number of aromatic nitrogens is 2. The summed E-state index contributed by atoms with van der Waals surface area (Å²) in [5.41, 5.74) is 9.16. The zero-order valence-corrected chi connectivity index (χ0v) is 18.2. The highest BCUT2D eigenvalue weighted by Crippen LogP contribution is 2.28. The number of hydrogen-bond donors (Lipinski definition) is 0. The molecule has 0 spiro atoms. The van der Waals surface area contributed by atoms with Gasteiger partial charge in [0.05, 0.1) is 0 Å². The summed E-state index contributed by atoms with van der Waals surface area (Å²) < 4.78 is 0. The van der Waals surface area contributed by atoms with Crippen molar-refractivity contribution >= 4 is 0 Å². The Morgan fingerprint density at radius 2 is 1.72 bits per heavy atom. The molecule has 0 bridgehead atoms. The van der Waals surface area contributed by atoms with Gasteiger partial charge in [0.2, 0.25) is 0 Å². The van der Waals surface area contributed by atoms with E-state index in [4.69, 9.17) is 0 Å². The molecule has 1 unspecified atom stereocenters. The first-order chi connectivity index (χ1) is 14.0. The number of benzene rings is 1. The average molecular weight is 385 g/mol. The molecular weight excluding hydrogens is 352 g/mol. The molecule has 3 rings (SSSR count). The van der Waals surface area contributed by atoms with Crippen LogP contribution in [0.1, 0.15) is 61.8 Å². The van der Waals surface area contributed by atoms with Crippen molar-refractivity contribution in [1.29, 1.82) is 0 Å². The Hall–Kier alpha value is -2.74. The van der Waals surface area contributed by atoms with Crippen molar-refractivity contribution in [1.82, 2.24) is 9.97 Å². The lowest BCUT2D eigenvalue weighted by Gasteiger charge is -2.14. The first-order valence-corrected chi connectivity index (χ1v) is 10.6. The Balaban J connectivity index is 1.73. The minimum atomic E-state index is 0.526. The maximum Gasteiger partial charge on any atom is 0.0306 e. The van der Waals surface area contributed by atoms with Gasteiger partial charge in [-0.1, -0.05) is 55.0 Å². The Morgan fingerprint density at radius 1 is 0.966 bits per heavy atom. The quantitative estimate of drug-likeness (QED) is 0.388. The number of rotatable bonds is 8. The summed E-state index contributed by atoms with van der Waals surface area (Å²) >= 11 is 0. The van der Waals surface area contributed by atoms with Crippen molar-refractivity contribution in [3.8, 4) is 11.1 Å². The fourth-order valence-corrected chi connectivity index (χ4v) is 3.81. The van der Waals surface area contributed by atoms with E-state index in [2.05, 4.69) is 80.1 Å². The Morgan fingerprint density at radius 3 is 2.48 bits per heavy atom. The van der Waals surface area contributed by atoms with E-state index in [-0.39, 0.29) is 0 Å². The minimum Gasteiger partial charge on any atom is -0.264 e. The van der Waals surface area contributed by atoms with Gasteiger partial charge >= 0.3 is 0 Å². The molecule has 1 aromatic carbocycles. The summed E-state index contributed by atoms with van der Waals surface area (Å²) in [5.74, 6) is 0.526. The van der Waals surface area contributed by atoms with Crippen LogP contribution in [-0.2, 0) is 12.8 Å². The molecule has 0 N–H and O–H groups in total. The van der Waals surface area contributed by atoms with Gasteiger partial charge in [-0.05, 0) is 85.8 Å². The Bertz CT molecular complexity index is 953. The minimum absolute atomic E-state index is 0.526. The molecule has 2 nitrogen and oxygen atoms in total. The van der Waals surface area contributed by atoms with Crippen molar-refractivity contribution in [3.63, 3.8) is 0 Å². The summed E-state index contributed by atoms with van der Waals surface area (Å²) in [6, 6.07) is 13.0. The van der Waals surface area contributed by atoms with Gasteiger partial charge in [0.25, 0.3) is 0 Å². The van der Waals surface area contributed by atoms with E-state index in [9.17, 15) is 0 Å². The van der Waals surface area contributed by atoms with Gasteiger partial charge < -0.3 is 0 Å². The third kappa shape index (κ3) is 5.87. The van der Waals surface area contributed by atoms with Crippen LogP contribution in [0, 0.1) is 6.92 Å². The lowest BCUT2D eigenvalue weighted by Crippen LogP contribution is -2.00. The van der Waals surface area contributed by atoms with Crippen LogP contribution >= 0.6 is 0 Å². The summed E-state index contributed by atoms with van der Waals surface area (Å²) in [4.78, 5) is 8.98. The van der Waals surface area contributed by atoms with E-state index < -0.39 is 0 Å². The first-order valence-electron chi connectivity index (χ1n) is 10.6. The van der Waals surface area contributed by atoms with Crippen LogP contribution in [0.25, 0.3) is 11.1 Å². The van der Waals surface area contributed by atoms with Gasteiger partial charge in [0.1, 0.15) is 0 Å². The van der Waals surface area contributed by atoms with Gasteiger partial charge in [0, 0.05) is 24.8 Å².